The van der Waals surface area contributed by atoms with Crippen LogP contribution in [0.2, 0.25) is 0 Å². The van der Waals surface area contributed by atoms with E-state index in [-0.39, 0.29) is 17.4 Å². The summed E-state index contributed by atoms with van der Waals surface area (Å²) in [6, 6.07) is 3.96. The number of halogens is 1. The van der Waals surface area contributed by atoms with Crippen molar-refractivity contribution in [1.82, 2.24) is 0 Å². The lowest BCUT2D eigenvalue weighted by molar-refractivity contribution is -0.385. The van der Waals surface area contributed by atoms with Gasteiger partial charge in [-0.25, -0.2) is 4.79 Å². The first kappa shape index (κ1) is 14.4. The largest absolute Gasteiger partial charge is 0.478 e. The first-order valence-electron chi connectivity index (χ1n) is 5.16. The van der Waals surface area contributed by atoms with E-state index in [0.29, 0.717) is 4.47 Å². The Balaban J connectivity index is 3.05. The van der Waals surface area contributed by atoms with Crippen LogP contribution in [0.1, 0.15) is 13.8 Å². The van der Waals surface area contributed by atoms with E-state index in [1.54, 1.807) is 13.8 Å². The number of carbonyl (C=O) groups is 1. The predicted molar refractivity (Wildman–Crippen MR) is 67.7 cm³/mol. The topological polar surface area (TPSA) is 89.7 Å². The highest BCUT2D eigenvalue weighted by molar-refractivity contribution is 9.10. The minimum atomic E-state index is -1.11. The van der Waals surface area contributed by atoms with Crippen LogP contribution >= 0.6 is 15.9 Å². The van der Waals surface area contributed by atoms with Crippen LogP contribution in [0, 0.1) is 16.0 Å². The van der Waals surface area contributed by atoms with Gasteiger partial charge in [-0.3, -0.25) is 10.1 Å². The summed E-state index contributed by atoms with van der Waals surface area (Å²) in [7, 11) is 0. The zero-order valence-corrected chi connectivity index (χ0v) is 11.4. The summed E-state index contributed by atoms with van der Waals surface area (Å²) in [6.07, 6.45) is -1.05. The summed E-state index contributed by atoms with van der Waals surface area (Å²) in [4.78, 5) is 21.1. The Bertz CT molecular complexity index is 475. The summed E-state index contributed by atoms with van der Waals surface area (Å²) >= 11 is 3.17. The molecule has 0 radical (unpaired) electrons. The number of hydrogen-bond donors (Lipinski definition) is 1. The number of aliphatic carboxylic acids is 1. The molecule has 1 rings (SSSR count). The molecule has 0 fully saturated rings. The number of hydrogen-bond acceptors (Lipinski definition) is 4. The maximum Gasteiger partial charge on any atom is 0.345 e. The molecule has 6 nitrogen and oxygen atoms in total. The zero-order chi connectivity index (χ0) is 13.9. The fourth-order valence-corrected chi connectivity index (χ4v) is 1.64. The third kappa shape index (κ3) is 3.43. The van der Waals surface area contributed by atoms with Crippen molar-refractivity contribution < 1.29 is 19.6 Å². The smallest absolute Gasteiger partial charge is 0.345 e. The Morgan fingerprint density at radius 1 is 1.50 bits per heavy atom. The van der Waals surface area contributed by atoms with Gasteiger partial charge in [0, 0.05) is 12.0 Å². The molecule has 0 amide bonds. The molecule has 0 bridgehead atoms. The van der Waals surface area contributed by atoms with E-state index in [4.69, 9.17) is 9.84 Å². The average molecular weight is 318 g/mol. The van der Waals surface area contributed by atoms with Crippen LogP contribution in [0.4, 0.5) is 5.69 Å². The van der Waals surface area contributed by atoms with Crippen LogP contribution in [0.5, 0.6) is 5.75 Å². The molecular formula is C11H12BrNO5. The standard InChI is InChI=1S/C11H12BrNO5/c1-6(2)10(11(14)15)18-9-5-7(13(16)17)3-4-8(9)12/h3-6,10H,1-2H3,(H,14,15). The van der Waals surface area contributed by atoms with Crippen LogP contribution in [0.25, 0.3) is 0 Å². The first-order chi connectivity index (χ1) is 8.32. The number of rotatable bonds is 5. The highest BCUT2D eigenvalue weighted by atomic mass is 79.9. The number of nitro groups is 1. The van der Waals surface area contributed by atoms with Gasteiger partial charge in [0.1, 0.15) is 5.75 Å². The number of carboxylic acid groups (broad SMARTS) is 1. The van der Waals surface area contributed by atoms with E-state index >= 15 is 0 Å². The Hall–Kier alpha value is -1.63. The normalized spacial score (nSPS) is 12.2. The lowest BCUT2D eigenvalue weighted by Crippen LogP contribution is -2.32. The van der Waals surface area contributed by atoms with Gasteiger partial charge in [-0.15, -0.1) is 0 Å². The molecule has 1 aromatic rings. The Morgan fingerprint density at radius 2 is 2.11 bits per heavy atom. The first-order valence-corrected chi connectivity index (χ1v) is 5.95. The van der Waals surface area contributed by atoms with Gasteiger partial charge in [-0.1, -0.05) is 13.8 Å². The molecule has 98 valence electrons. The van der Waals surface area contributed by atoms with E-state index in [1.165, 1.54) is 18.2 Å². The fourth-order valence-electron chi connectivity index (χ4n) is 1.30. The number of non-ortho nitro benzene ring substituents is 1. The van der Waals surface area contributed by atoms with Crippen LogP contribution in [0.15, 0.2) is 22.7 Å². The molecule has 18 heavy (non-hydrogen) atoms. The second-order valence-corrected chi connectivity index (χ2v) is 4.85. The monoisotopic (exact) mass is 317 g/mol. The molecule has 1 atom stereocenters. The maximum atomic E-state index is 11.0. The summed E-state index contributed by atoms with van der Waals surface area (Å²) in [5.41, 5.74) is -0.152. The van der Waals surface area contributed by atoms with Crippen molar-refractivity contribution in [3.63, 3.8) is 0 Å². The number of nitrogens with zero attached hydrogens (tertiary/aromatic N) is 1. The van der Waals surface area contributed by atoms with Crippen LogP contribution < -0.4 is 4.74 Å². The number of carboxylic acids is 1. The SMILES string of the molecule is CC(C)C(Oc1cc([N+](=O)[O-])ccc1Br)C(=O)O. The van der Waals surface area contributed by atoms with Crippen molar-refractivity contribution in [2.75, 3.05) is 0 Å². The number of benzene rings is 1. The molecule has 0 saturated heterocycles. The van der Waals surface area contributed by atoms with E-state index < -0.39 is 17.0 Å². The molecule has 0 spiro atoms. The van der Waals surface area contributed by atoms with Crippen LogP contribution in [0.3, 0.4) is 0 Å². The van der Waals surface area contributed by atoms with Crippen molar-refractivity contribution in [1.29, 1.82) is 0 Å². The summed E-state index contributed by atoms with van der Waals surface area (Å²) < 4.78 is 5.78. The highest BCUT2D eigenvalue weighted by Gasteiger charge is 2.25. The summed E-state index contributed by atoms with van der Waals surface area (Å²) in [5, 5.41) is 19.6. The molecule has 0 aromatic heterocycles. The van der Waals surface area contributed by atoms with E-state index in [9.17, 15) is 14.9 Å². The Kier molecular flexibility index (Phi) is 4.66. The van der Waals surface area contributed by atoms with E-state index in [0.717, 1.165) is 0 Å². The third-order valence-corrected chi connectivity index (χ3v) is 2.88. The van der Waals surface area contributed by atoms with Crippen molar-refractivity contribution in [2.45, 2.75) is 20.0 Å². The van der Waals surface area contributed by atoms with Gasteiger partial charge in [0.05, 0.1) is 15.5 Å². The van der Waals surface area contributed by atoms with Gasteiger partial charge in [0.15, 0.2) is 6.10 Å². The molecule has 0 aliphatic carbocycles. The second-order valence-electron chi connectivity index (χ2n) is 3.99. The van der Waals surface area contributed by atoms with Gasteiger partial charge in [-0.05, 0) is 22.0 Å². The van der Waals surface area contributed by atoms with Crippen LogP contribution in [-0.2, 0) is 4.79 Å². The van der Waals surface area contributed by atoms with E-state index in [2.05, 4.69) is 15.9 Å². The minimum absolute atomic E-state index is 0.144. The summed E-state index contributed by atoms with van der Waals surface area (Å²) in [6.45, 7) is 3.40. The average Bonchev–Trinajstić information content (AvgIpc) is 2.26. The lowest BCUT2D eigenvalue weighted by atomic mass is 10.1. The molecule has 0 saturated carbocycles. The molecule has 1 unspecified atom stereocenters. The maximum absolute atomic E-state index is 11.0. The molecule has 1 aromatic carbocycles. The molecule has 0 aliphatic rings. The van der Waals surface area contributed by atoms with Gasteiger partial charge < -0.3 is 9.84 Å². The third-order valence-electron chi connectivity index (χ3n) is 2.23. The zero-order valence-electron chi connectivity index (χ0n) is 9.79. The molecule has 0 heterocycles. The number of ether oxygens (including phenoxy) is 1. The van der Waals surface area contributed by atoms with Crippen molar-refractivity contribution in [2.24, 2.45) is 5.92 Å². The Morgan fingerprint density at radius 3 is 2.56 bits per heavy atom. The quantitative estimate of drug-likeness (QED) is 0.666. The van der Waals surface area contributed by atoms with Gasteiger partial charge in [0.25, 0.3) is 5.69 Å². The summed E-state index contributed by atoms with van der Waals surface area (Å²) in [5.74, 6) is -1.22. The highest BCUT2D eigenvalue weighted by Crippen LogP contribution is 2.30. The molecule has 0 aliphatic heterocycles. The van der Waals surface area contributed by atoms with Gasteiger partial charge >= 0.3 is 5.97 Å². The van der Waals surface area contributed by atoms with Gasteiger partial charge in [0.2, 0.25) is 0 Å². The number of nitro benzene ring substituents is 1. The van der Waals surface area contributed by atoms with Crippen molar-refractivity contribution in [3.05, 3.63) is 32.8 Å². The molecular weight excluding hydrogens is 306 g/mol. The van der Waals surface area contributed by atoms with Crippen molar-refractivity contribution >= 4 is 27.6 Å². The molecule has 1 N–H and O–H groups in total. The lowest BCUT2D eigenvalue weighted by Gasteiger charge is -2.18. The van der Waals surface area contributed by atoms with E-state index in [1.807, 2.05) is 0 Å². The van der Waals surface area contributed by atoms with Crippen molar-refractivity contribution in [3.8, 4) is 5.75 Å². The van der Waals surface area contributed by atoms with Crippen LogP contribution in [-0.4, -0.2) is 22.1 Å². The fraction of sp³-hybridized carbons (Fsp3) is 0.364. The minimum Gasteiger partial charge on any atom is -0.478 e. The predicted octanol–water partition coefficient (Wildman–Crippen LogP) is 2.85. The Labute approximate surface area is 112 Å². The molecule has 7 heteroatoms. The second kappa shape index (κ2) is 5.81. The van der Waals surface area contributed by atoms with Gasteiger partial charge in [-0.2, -0.15) is 0 Å².